The number of hydrogen-bond donors (Lipinski definition) is 2. The monoisotopic (exact) mass is 319 g/mol. The van der Waals surface area contributed by atoms with Gasteiger partial charge >= 0.3 is 0 Å². The largest absolute Gasteiger partial charge is 0.493 e. The number of carbonyl (C=O) groups is 1. The first-order valence-electron chi connectivity index (χ1n) is 7.22. The molecule has 1 aliphatic rings. The van der Waals surface area contributed by atoms with Crippen molar-refractivity contribution >= 4 is 5.91 Å². The Balaban J connectivity index is 1.67. The van der Waals surface area contributed by atoms with Gasteiger partial charge in [-0.05, 0) is 35.9 Å². The predicted octanol–water partition coefficient (Wildman–Crippen LogP) is 2.36. The van der Waals surface area contributed by atoms with Gasteiger partial charge in [0.25, 0.3) is 5.91 Å². The first-order chi connectivity index (χ1) is 11.1. The minimum Gasteiger partial charge on any atom is -0.493 e. The Morgan fingerprint density at radius 2 is 2.00 bits per heavy atom. The van der Waals surface area contributed by atoms with Crippen molar-refractivity contribution in [2.75, 3.05) is 13.2 Å². The second-order valence-electron chi connectivity index (χ2n) is 5.28. The van der Waals surface area contributed by atoms with E-state index >= 15 is 0 Å². The molecule has 1 aliphatic heterocycles. The maximum atomic E-state index is 13.6. The number of nitrogens with one attached hydrogen (secondary N) is 1. The highest BCUT2D eigenvalue weighted by atomic mass is 19.1. The quantitative estimate of drug-likeness (QED) is 0.909. The van der Waals surface area contributed by atoms with Gasteiger partial charge in [0.05, 0.1) is 12.2 Å². The molecule has 1 atom stereocenters. The Labute approximate surface area is 131 Å². The van der Waals surface area contributed by atoms with Crippen molar-refractivity contribution in [3.63, 3.8) is 0 Å². The van der Waals surface area contributed by atoms with E-state index in [0.717, 1.165) is 29.9 Å². The molecule has 0 saturated carbocycles. The van der Waals surface area contributed by atoms with Crippen molar-refractivity contribution < 1.29 is 23.4 Å². The van der Waals surface area contributed by atoms with Crippen LogP contribution in [-0.4, -0.2) is 24.2 Å². The number of aliphatic hydroxyl groups is 1. The zero-order chi connectivity index (χ0) is 16.4. The molecular formula is C17H15F2NO3. The van der Waals surface area contributed by atoms with Crippen molar-refractivity contribution in [1.29, 1.82) is 0 Å². The summed E-state index contributed by atoms with van der Waals surface area (Å²) in [6.45, 7) is 0.302. The van der Waals surface area contributed by atoms with Crippen molar-refractivity contribution in [3.05, 3.63) is 64.7 Å². The lowest BCUT2D eigenvalue weighted by Crippen LogP contribution is -2.29. The van der Waals surface area contributed by atoms with Crippen LogP contribution < -0.4 is 10.1 Å². The molecule has 2 aromatic rings. The van der Waals surface area contributed by atoms with E-state index in [9.17, 15) is 18.7 Å². The molecule has 1 amide bonds. The number of aliphatic hydroxyl groups excluding tert-OH is 1. The number of amides is 1. The fourth-order valence-electron chi connectivity index (χ4n) is 2.55. The minimum absolute atomic E-state index is 0.287. The van der Waals surface area contributed by atoms with Crippen LogP contribution >= 0.6 is 0 Å². The molecule has 0 aromatic heterocycles. The lowest BCUT2D eigenvalue weighted by molar-refractivity contribution is 0.0911. The lowest BCUT2D eigenvalue weighted by atomic mass is 10.1. The molecule has 2 N–H and O–H groups in total. The summed E-state index contributed by atoms with van der Waals surface area (Å²) in [6.07, 6.45) is -0.725. The second-order valence-corrected chi connectivity index (χ2v) is 5.28. The maximum absolute atomic E-state index is 13.6. The van der Waals surface area contributed by atoms with Gasteiger partial charge in [-0.3, -0.25) is 4.79 Å². The van der Waals surface area contributed by atoms with Crippen LogP contribution in [0.2, 0.25) is 0 Å². The Morgan fingerprint density at radius 3 is 2.74 bits per heavy atom. The summed E-state index contributed by atoms with van der Waals surface area (Å²) in [5.74, 6) is -1.35. The number of carbonyl (C=O) groups excluding carboxylic acids is 1. The van der Waals surface area contributed by atoms with E-state index < -0.39 is 29.2 Å². The van der Waals surface area contributed by atoms with Gasteiger partial charge in [-0.1, -0.05) is 6.07 Å². The molecule has 4 nitrogen and oxygen atoms in total. The Hall–Kier alpha value is -2.47. The number of rotatable bonds is 4. The molecule has 23 heavy (non-hydrogen) atoms. The van der Waals surface area contributed by atoms with E-state index in [2.05, 4.69) is 5.32 Å². The van der Waals surface area contributed by atoms with Crippen molar-refractivity contribution in [2.45, 2.75) is 12.5 Å². The van der Waals surface area contributed by atoms with Gasteiger partial charge < -0.3 is 15.2 Å². The molecule has 3 rings (SSSR count). The third-order valence-electron chi connectivity index (χ3n) is 3.74. The highest BCUT2D eigenvalue weighted by Gasteiger charge is 2.19. The molecule has 6 heteroatoms. The highest BCUT2D eigenvalue weighted by Crippen LogP contribution is 2.26. The highest BCUT2D eigenvalue weighted by molar-refractivity contribution is 5.94. The van der Waals surface area contributed by atoms with Crippen LogP contribution in [0.3, 0.4) is 0 Å². The molecule has 120 valence electrons. The van der Waals surface area contributed by atoms with Gasteiger partial charge in [-0.2, -0.15) is 0 Å². The van der Waals surface area contributed by atoms with Crippen LogP contribution in [0, 0.1) is 11.6 Å². The zero-order valence-electron chi connectivity index (χ0n) is 12.2. The van der Waals surface area contributed by atoms with E-state index in [1.54, 1.807) is 18.2 Å². The molecule has 0 bridgehead atoms. The summed E-state index contributed by atoms with van der Waals surface area (Å²) in [4.78, 5) is 12.1. The van der Waals surface area contributed by atoms with E-state index in [1.807, 2.05) is 0 Å². The first-order valence-corrected chi connectivity index (χ1v) is 7.22. The maximum Gasteiger partial charge on any atom is 0.251 e. The van der Waals surface area contributed by atoms with Gasteiger partial charge in [-0.15, -0.1) is 0 Å². The Morgan fingerprint density at radius 1 is 1.26 bits per heavy atom. The number of benzene rings is 2. The summed E-state index contributed by atoms with van der Waals surface area (Å²) in [5.41, 5.74) is 0.906. The van der Waals surface area contributed by atoms with Crippen LogP contribution in [0.15, 0.2) is 36.4 Å². The molecule has 0 spiro atoms. The average molecular weight is 319 g/mol. The molecule has 0 saturated heterocycles. The summed E-state index contributed by atoms with van der Waals surface area (Å²) >= 11 is 0. The fraction of sp³-hybridized carbons (Fsp3) is 0.235. The molecule has 1 unspecified atom stereocenters. The van der Waals surface area contributed by atoms with Gasteiger partial charge in [-0.25, -0.2) is 8.78 Å². The number of halogens is 2. The van der Waals surface area contributed by atoms with Gasteiger partial charge in [0.15, 0.2) is 0 Å². The molecule has 1 heterocycles. The van der Waals surface area contributed by atoms with Crippen molar-refractivity contribution in [2.24, 2.45) is 0 Å². The molecule has 0 aliphatic carbocycles. The second kappa shape index (κ2) is 6.34. The van der Waals surface area contributed by atoms with Crippen LogP contribution in [-0.2, 0) is 6.42 Å². The minimum atomic E-state index is -1.46. The standard InChI is InChI=1S/C17H15F2NO3/c18-12-2-1-3-13(19)16(12)14(21)9-20-17(22)11-4-5-15-10(8-11)6-7-23-15/h1-5,8,14,21H,6-7,9H2,(H,20,22). The molecule has 2 aromatic carbocycles. The molecule has 0 fully saturated rings. The summed E-state index contributed by atoms with van der Waals surface area (Å²) < 4.78 is 32.5. The summed E-state index contributed by atoms with van der Waals surface area (Å²) in [7, 11) is 0. The van der Waals surface area contributed by atoms with Crippen molar-refractivity contribution in [3.8, 4) is 5.75 Å². The first kappa shape index (κ1) is 15.4. The van der Waals surface area contributed by atoms with E-state index in [4.69, 9.17) is 4.74 Å². The lowest BCUT2D eigenvalue weighted by Gasteiger charge is -2.14. The SMILES string of the molecule is O=C(NCC(O)c1c(F)cccc1F)c1ccc2c(c1)CCO2. The Kier molecular flexibility index (Phi) is 4.25. The third-order valence-corrected chi connectivity index (χ3v) is 3.74. The number of hydrogen-bond acceptors (Lipinski definition) is 3. The topological polar surface area (TPSA) is 58.6 Å². The van der Waals surface area contributed by atoms with Crippen molar-refractivity contribution in [1.82, 2.24) is 5.32 Å². The van der Waals surface area contributed by atoms with E-state index in [0.29, 0.717) is 12.2 Å². The van der Waals surface area contributed by atoms with Crippen LogP contribution in [0.4, 0.5) is 8.78 Å². The van der Waals surface area contributed by atoms with Gasteiger partial charge in [0, 0.05) is 18.5 Å². The average Bonchev–Trinajstić information content (AvgIpc) is 3.00. The summed E-state index contributed by atoms with van der Waals surface area (Å²) in [6, 6.07) is 8.37. The number of fused-ring (bicyclic) bond motifs is 1. The van der Waals surface area contributed by atoms with Gasteiger partial charge in [0.2, 0.25) is 0 Å². The van der Waals surface area contributed by atoms with Gasteiger partial charge in [0.1, 0.15) is 23.5 Å². The normalized spacial score (nSPS) is 14.0. The van der Waals surface area contributed by atoms with Crippen LogP contribution in [0.1, 0.15) is 27.6 Å². The smallest absolute Gasteiger partial charge is 0.251 e. The summed E-state index contributed by atoms with van der Waals surface area (Å²) in [5, 5.41) is 12.4. The molecule has 0 radical (unpaired) electrons. The van der Waals surface area contributed by atoms with E-state index in [1.165, 1.54) is 6.07 Å². The predicted molar refractivity (Wildman–Crippen MR) is 79.3 cm³/mol. The zero-order valence-corrected chi connectivity index (χ0v) is 12.2. The third kappa shape index (κ3) is 3.17. The van der Waals surface area contributed by atoms with E-state index in [-0.39, 0.29) is 6.54 Å². The van der Waals surface area contributed by atoms with Crippen LogP contribution in [0.5, 0.6) is 5.75 Å². The van der Waals surface area contributed by atoms with Crippen LogP contribution in [0.25, 0.3) is 0 Å². The Bertz CT molecular complexity index is 728. The molecular weight excluding hydrogens is 304 g/mol. The fourth-order valence-corrected chi connectivity index (χ4v) is 2.55. The number of ether oxygens (including phenoxy) is 1.